The molecule has 0 atom stereocenters. The zero-order chi connectivity index (χ0) is 18.4. The SMILES string of the molecule is Cc1nc(Nc2ccc(F)cc2F)cc(C(=O)NCCCN(C)C)n1. The first kappa shape index (κ1) is 18.7. The maximum atomic E-state index is 13.7. The molecule has 0 aliphatic heterocycles. The van der Waals surface area contributed by atoms with E-state index in [2.05, 4.69) is 20.6 Å². The van der Waals surface area contributed by atoms with Crippen LogP contribution in [0.25, 0.3) is 0 Å². The molecule has 1 amide bonds. The molecule has 134 valence electrons. The van der Waals surface area contributed by atoms with Crippen LogP contribution in [-0.4, -0.2) is 48.0 Å². The van der Waals surface area contributed by atoms with Gasteiger partial charge in [-0.05, 0) is 46.1 Å². The lowest BCUT2D eigenvalue weighted by Crippen LogP contribution is -2.28. The molecule has 0 aliphatic rings. The molecule has 25 heavy (non-hydrogen) atoms. The van der Waals surface area contributed by atoms with Crippen LogP contribution in [0.1, 0.15) is 22.7 Å². The fraction of sp³-hybridized carbons (Fsp3) is 0.353. The number of halogens is 2. The van der Waals surface area contributed by atoms with Gasteiger partial charge in [-0.15, -0.1) is 0 Å². The number of hydrogen-bond donors (Lipinski definition) is 2. The quantitative estimate of drug-likeness (QED) is 0.752. The molecule has 0 unspecified atom stereocenters. The lowest BCUT2D eigenvalue weighted by Gasteiger charge is -2.11. The van der Waals surface area contributed by atoms with Crippen molar-refractivity contribution in [3.63, 3.8) is 0 Å². The molecule has 0 spiro atoms. The van der Waals surface area contributed by atoms with Crippen LogP contribution >= 0.6 is 0 Å². The van der Waals surface area contributed by atoms with E-state index in [-0.39, 0.29) is 23.1 Å². The predicted octanol–water partition coefficient (Wildman–Crippen LogP) is 2.49. The molecule has 2 N–H and O–H groups in total. The number of aryl methyl sites for hydroxylation is 1. The fourth-order valence-electron chi connectivity index (χ4n) is 2.16. The summed E-state index contributed by atoms with van der Waals surface area (Å²) in [6, 6.07) is 4.60. The summed E-state index contributed by atoms with van der Waals surface area (Å²) in [7, 11) is 3.92. The van der Waals surface area contributed by atoms with Gasteiger partial charge in [-0.1, -0.05) is 0 Å². The minimum absolute atomic E-state index is 0.0665. The maximum Gasteiger partial charge on any atom is 0.270 e. The van der Waals surface area contributed by atoms with Crippen molar-refractivity contribution in [1.29, 1.82) is 0 Å². The summed E-state index contributed by atoms with van der Waals surface area (Å²) in [5.41, 5.74) is 0.249. The van der Waals surface area contributed by atoms with Crippen LogP contribution in [-0.2, 0) is 0 Å². The number of hydrogen-bond acceptors (Lipinski definition) is 5. The molecule has 2 rings (SSSR count). The largest absolute Gasteiger partial charge is 0.351 e. The van der Waals surface area contributed by atoms with Crippen molar-refractivity contribution in [2.75, 3.05) is 32.5 Å². The molecule has 2 aromatic rings. The molecule has 1 heterocycles. The minimum atomic E-state index is -0.744. The number of amides is 1. The second-order valence-electron chi connectivity index (χ2n) is 5.85. The summed E-state index contributed by atoms with van der Waals surface area (Å²) in [5, 5.41) is 5.52. The van der Waals surface area contributed by atoms with Crippen molar-refractivity contribution in [2.45, 2.75) is 13.3 Å². The molecule has 0 aliphatic carbocycles. The van der Waals surface area contributed by atoms with E-state index in [1.54, 1.807) is 6.92 Å². The summed E-state index contributed by atoms with van der Waals surface area (Å²) in [4.78, 5) is 22.4. The monoisotopic (exact) mass is 349 g/mol. The summed E-state index contributed by atoms with van der Waals surface area (Å²) in [6.07, 6.45) is 0.814. The second kappa shape index (κ2) is 8.48. The average Bonchev–Trinajstić information content (AvgIpc) is 2.53. The highest BCUT2D eigenvalue weighted by molar-refractivity contribution is 5.93. The number of carbonyl (C=O) groups excluding carboxylic acids is 1. The van der Waals surface area contributed by atoms with Crippen molar-refractivity contribution in [2.24, 2.45) is 0 Å². The third-order valence-corrected chi connectivity index (χ3v) is 3.33. The van der Waals surface area contributed by atoms with Gasteiger partial charge in [-0.25, -0.2) is 18.7 Å². The van der Waals surface area contributed by atoms with E-state index in [1.165, 1.54) is 12.1 Å². The Kier molecular flexibility index (Phi) is 6.35. The highest BCUT2D eigenvalue weighted by atomic mass is 19.1. The summed E-state index contributed by atoms with van der Waals surface area (Å²) in [5.74, 6) is -1.11. The Morgan fingerprint density at radius 2 is 1.96 bits per heavy atom. The van der Waals surface area contributed by atoms with Gasteiger partial charge < -0.3 is 15.5 Å². The molecular formula is C17H21F2N5O. The molecule has 1 aromatic carbocycles. The van der Waals surface area contributed by atoms with Crippen LogP contribution in [0.5, 0.6) is 0 Å². The predicted molar refractivity (Wildman–Crippen MR) is 91.9 cm³/mol. The van der Waals surface area contributed by atoms with E-state index in [0.29, 0.717) is 12.4 Å². The number of anilines is 2. The normalized spacial score (nSPS) is 10.8. The number of aromatic nitrogens is 2. The number of nitrogens with one attached hydrogen (secondary N) is 2. The Hall–Kier alpha value is -2.61. The van der Waals surface area contributed by atoms with Gasteiger partial charge in [0.2, 0.25) is 0 Å². The molecule has 0 bridgehead atoms. The van der Waals surface area contributed by atoms with E-state index in [1.807, 2.05) is 19.0 Å². The lowest BCUT2D eigenvalue weighted by molar-refractivity contribution is 0.0947. The van der Waals surface area contributed by atoms with Crippen LogP contribution in [0.4, 0.5) is 20.3 Å². The van der Waals surface area contributed by atoms with Gasteiger partial charge in [0.15, 0.2) is 0 Å². The molecule has 6 nitrogen and oxygen atoms in total. The molecule has 0 fully saturated rings. The molecular weight excluding hydrogens is 328 g/mol. The number of nitrogens with zero attached hydrogens (tertiary/aromatic N) is 3. The van der Waals surface area contributed by atoms with E-state index >= 15 is 0 Å². The van der Waals surface area contributed by atoms with Crippen LogP contribution in [0.15, 0.2) is 24.3 Å². The van der Waals surface area contributed by atoms with Crippen molar-refractivity contribution in [3.8, 4) is 0 Å². The van der Waals surface area contributed by atoms with Gasteiger partial charge in [0.25, 0.3) is 5.91 Å². The van der Waals surface area contributed by atoms with Crippen LogP contribution in [0, 0.1) is 18.6 Å². The van der Waals surface area contributed by atoms with E-state index in [0.717, 1.165) is 25.1 Å². The summed E-state index contributed by atoms with van der Waals surface area (Å²) < 4.78 is 26.7. The van der Waals surface area contributed by atoms with Gasteiger partial charge in [0.1, 0.15) is 29.0 Å². The van der Waals surface area contributed by atoms with Crippen LogP contribution in [0.2, 0.25) is 0 Å². The fourth-order valence-corrected chi connectivity index (χ4v) is 2.16. The van der Waals surface area contributed by atoms with Crippen molar-refractivity contribution >= 4 is 17.4 Å². The Bertz CT molecular complexity index is 752. The van der Waals surface area contributed by atoms with Gasteiger partial charge in [-0.3, -0.25) is 4.79 Å². The highest BCUT2D eigenvalue weighted by Gasteiger charge is 2.12. The number of benzene rings is 1. The molecule has 0 saturated heterocycles. The van der Waals surface area contributed by atoms with Gasteiger partial charge in [-0.2, -0.15) is 0 Å². The summed E-state index contributed by atoms with van der Waals surface area (Å²) in [6.45, 7) is 3.02. The smallest absolute Gasteiger partial charge is 0.270 e. The third kappa shape index (κ3) is 5.75. The first-order chi connectivity index (χ1) is 11.8. The van der Waals surface area contributed by atoms with E-state index in [4.69, 9.17) is 0 Å². The topological polar surface area (TPSA) is 70.2 Å². The van der Waals surface area contributed by atoms with Gasteiger partial charge in [0, 0.05) is 18.7 Å². The Labute approximate surface area is 145 Å². The van der Waals surface area contributed by atoms with E-state index in [9.17, 15) is 13.6 Å². The molecule has 1 aromatic heterocycles. The molecule has 0 saturated carbocycles. The molecule has 0 radical (unpaired) electrons. The first-order valence-electron chi connectivity index (χ1n) is 7.86. The number of rotatable bonds is 7. The summed E-state index contributed by atoms with van der Waals surface area (Å²) >= 11 is 0. The zero-order valence-electron chi connectivity index (χ0n) is 14.4. The van der Waals surface area contributed by atoms with Crippen LogP contribution < -0.4 is 10.6 Å². The van der Waals surface area contributed by atoms with E-state index < -0.39 is 11.6 Å². The molecule has 8 heteroatoms. The highest BCUT2D eigenvalue weighted by Crippen LogP contribution is 2.20. The lowest BCUT2D eigenvalue weighted by atomic mass is 10.3. The first-order valence-corrected chi connectivity index (χ1v) is 7.86. The average molecular weight is 349 g/mol. The standard InChI is InChI=1S/C17H21F2N5O/c1-11-21-15(17(25)20-7-4-8-24(2)3)10-16(22-11)23-14-6-5-12(18)9-13(14)19/h5-6,9-10H,4,7-8H2,1-3H3,(H,20,25)(H,21,22,23). The van der Waals surface area contributed by atoms with Gasteiger partial charge in [0.05, 0.1) is 5.69 Å². The second-order valence-corrected chi connectivity index (χ2v) is 5.85. The Morgan fingerprint density at radius 3 is 2.64 bits per heavy atom. The van der Waals surface area contributed by atoms with Crippen LogP contribution in [0.3, 0.4) is 0 Å². The maximum absolute atomic E-state index is 13.7. The Morgan fingerprint density at radius 1 is 1.20 bits per heavy atom. The Balaban J connectivity index is 2.07. The van der Waals surface area contributed by atoms with Gasteiger partial charge >= 0.3 is 0 Å². The minimum Gasteiger partial charge on any atom is -0.351 e. The number of carbonyl (C=O) groups is 1. The van der Waals surface area contributed by atoms with Crippen molar-refractivity contribution in [3.05, 3.63) is 47.4 Å². The third-order valence-electron chi connectivity index (χ3n) is 3.33. The van der Waals surface area contributed by atoms with Crippen molar-refractivity contribution in [1.82, 2.24) is 20.2 Å². The zero-order valence-corrected chi connectivity index (χ0v) is 14.4. The van der Waals surface area contributed by atoms with Crippen molar-refractivity contribution < 1.29 is 13.6 Å².